The van der Waals surface area contributed by atoms with Crippen LogP contribution in [0.1, 0.15) is 20.7 Å². The molecule has 7 nitrogen and oxygen atoms in total. The Morgan fingerprint density at radius 1 is 0.667 bits per heavy atom. The number of carbonyl (C=O) groups is 2. The fourth-order valence-electron chi connectivity index (χ4n) is 4.40. The average molecular weight is 540 g/mol. The maximum Gasteiger partial charge on any atom is 0.262 e. The van der Waals surface area contributed by atoms with E-state index in [0.717, 1.165) is 32.5 Å². The zero-order chi connectivity index (χ0) is 27.7. The number of fused-ring (bicyclic) bond motifs is 2. The number of rotatable bonds is 6. The summed E-state index contributed by atoms with van der Waals surface area (Å²) >= 11 is 1.59. The standard InChI is InChI=1S/C31H29N3O4S/c1-32(2)22-10-16-26-28(18-22)39-29-19-23(33(3)30(35)20-6-12-24(37-4)13-7-20)11-17-27(29)34(26)31(36)21-8-14-25(38-5)15-9-21/h6-19H,1-5H3. The minimum absolute atomic E-state index is 0.139. The number of carbonyl (C=O) groups excluding carboxylic acids is 2. The lowest BCUT2D eigenvalue weighted by Crippen LogP contribution is -2.29. The SMILES string of the molecule is COc1ccc(C(=O)N(C)c2ccc3c(c2)Sc2cc(N(C)C)ccc2N3C(=O)c2ccc(OC)cc2)cc1. The number of nitrogens with zero attached hydrogens (tertiary/aromatic N) is 3. The normalized spacial score (nSPS) is 11.8. The molecule has 0 bridgehead atoms. The molecular weight excluding hydrogens is 510 g/mol. The summed E-state index contributed by atoms with van der Waals surface area (Å²) in [6.45, 7) is 0. The van der Waals surface area contributed by atoms with Gasteiger partial charge in [0, 0.05) is 53.4 Å². The fourth-order valence-corrected chi connectivity index (χ4v) is 5.52. The van der Waals surface area contributed by atoms with Crippen molar-refractivity contribution < 1.29 is 19.1 Å². The molecular formula is C31H29N3O4S. The molecule has 4 aromatic rings. The lowest BCUT2D eigenvalue weighted by molar-refractivity contribution is 0.0986. The van der Waals surface area contributed by atoms with E-state index in [4.69, 9.17) is 9.47 Å². The van der Waals surface area contributed by atoms with Crippen molar-refractivity contribution in [1.82, 2.24) is 0 Å². The van der Waals surface area contributed by atoms with Crippen LogP contribution in [-0.4, -0.2) is 47.2 Å². The van der Waals surface area contributed by atoms with Crippen LogP contribution in [0.3, 0.4) is 0 Å². The Labute approximate surface area is 232 Å². The highest BCUT2D eigenvalue weighted by atomic mass is 32.2. The summed E-state index contributed by atoms with van der Waals surface area (Å²) in [5, 5.41) is 0. The van der Waals surface area contributed by atoms with E-state index in [2.05, 4.69) is 6.07 Å². The van der Waals surface area contributed by atoms with Crippen molar-refractivity contribution in [3.05, 3.63) is 96.1 Å². The average Bonchev–Trinajstić information content (AvgIpc) is 2.98. The van der Waals surface area contributed by atoms with Crippen molar-refractivity contribution in [2.24, 2.45) is 0 Å². The third-order valence-corrected chi connectivity index (χ3v) is 7.77. The minimum atomic E-state index is -0.145. The van der Waals surface area contributed by atoms with Crippen molar-refractivity contribution in [3.63, 3.8) is 0 Å². The van der Waals surface area contributed by atoms with Gasteiger partial charge in [0.15, 0.2) is 0 Å². The van der Waals surface area contributed by atoms with Gasteiger partial charge in [-0.15, -0.1) is 0 Å². The van der Waals surface area contributed by atoms with Gasteiger partial charge in [0.1, 0.15) is 11.5 Å². The molecule has 0 aromatic heterocycles. The summed E-state index contributed by atoms with van der Waals surface area (Å²) in [6.07, 6.45) is 0. The summed E-state index contributed by atoms with van der Waals surface area (Å²) < 4.78 is 10.5. The molecule has 0 aliphatic carbocycles. The highest BCUT2D eigenvalue weighted by Crippen LogP contribution is 2.50. The van der Waals surface area contributed by atoms with E-state index < -0.39 is 0 Å². The molecule has 0 saturated heterocycles. The van der Waals surface area contributed by atoms with Crippen LogP contribution in [0.2, 0.25) is 0 Å². The van der Waals surface area contributed by atoms with Gasteiger partial charge in [-0.1, -0.05) is 11.8 Å². The van der Waals surface area contributed by atoms with Crippen molar-refractivity contribution in [3.8, 4) is 11.5 Å². The lowest BCUT2D eigenvalue weighted by Gasteiger charge is -2.33. The van der Waals surface area contributed by atoms with Gasteiger partial charge in [0.2, 0.25) is 0 Å². The van der Waals surface area contributed by atoms with Gasteiger partial charge >= 0.3 is 0 Å². The lowest BCUT2D eigenvalue weighted by atomic mass is 10.1. The first-order valence-corrected chi connectivity index (χ1v) is 13.2. The summed E-state index contributed by atoms with van der Waals surface area (Å²) in [6, 6.07) is 25.9. The van der Waals surface area contributed by atoms with Crippen LogP contribution in [0.15, 0.2) is 94.7 Å². The van der Waals surface area contributed by atoms with Gasteiger partial charge in [-0.3, -0.25) is 14.5 Å². The molecule has 0 unspecified atom stereocenters. The summed E-state index contributed by atoms with van der Waals surface area (Å²) in [7, 11) is 8.92. The van der Waals surface area contributed by atoms with Crippen LogP contribution in [0.25, 0.3) is 0 Å². The predicted molar refractivity (Wildman–Crippen MR) is 157 cm³/mol. The van der Waals surface area contributed by atoms with E-state index in [-0.39, 0.29) is 11.8 Å². The molecule has 2 amide bonds. The molecule has 0 saturated carbocycles. The van der Waals surface area contributed by atoms with Gasteiger partial charge in [0.05, 0.1) is 25.6 Å². The molecule has 0 fully saturated rings. The van der Waals surface area contributed by atoms with Crippen LogP contribution in [0.5, 0.6) is 11.5 Å². The molecule has 0 atom stereocenters. The molecule has 0 spiro atoms. The third kappa shape index (κ3) is 5.03. The van der Waals surface area contributed by atoms with Crippen molar-refractivity contribution >= 4 is 46.3 Å². The van der Waals surface area contributed by atoms with Gasteiger partial charge in [-0.25, -0.2) is 0 Å². The first-order chi connectivity index (χ1) is 18.8. The smallest absolute Gasteiger partial charge is 0.262 e. The second-order valence-corrected chi connectivity index (χ2v) is 10.3. The maximum atomic E-state index is 13.9. The van der Waals surface area contributed by atoms with Gasteiger partial charge in [-0.2, -0.15) is 0 Å². The van der Waals surface area contributed by atoms with E-state index in [1.807, 2.05) is 49.3 Å². The minimum Gasteiger partial charge on any atom is -0.497 e. The zero-order valence-corrected chi connectivity index (χ0v) is 23.3. The second-order valence-electron chi connectivity index (χ2n) is 9.26. The second kappa shape index (κ2) is 10.7. The number of anilines is 4. The highest BCUT2D eigenvalue weighted by molar-refractivity contribution is 7.99. The molecule has 39 heavy (non-hydrogen) atoms. The van der Waals surface area contributed by atoms with Gasteiger partial charge < -0.3 is 19.3 Å². The van der Waals surface area contributed by atoms with E-state index in [0.29, 0.717) is 22.6 Å². The number of hydrogen-bond donors (Lipinski definition) is 0. The molecule has 8 heteroatoms. The Balaban J connectivity index is 1.54. The van der Waals surface area contributed by atoms with Gasteiger partial charge in [-0.05, 0) is 84.9 Å². The Kier molecular flexibility index (Phi) is 7.21. The summed E-state index contributed by atoms with van der Waals surface area (Å²) in [5.74, 6) is 1.09. The van der Waals surface area contributed by atoms with E-state index in [9.17, 15) is 9.59 Å². The molecule has 1 aliphatic heterocycles. The quantitative estimate of drug-likeness (QED) is 0.279. The first-order valence-electron chi connectivity index (χ1n) is 12.3. The Hall–Kier alpha value is -4.43. The summed E-state index contributed by atoms with van der Waals surface area (Å²) in [4.78, 5) is 34.4. The molecule has 5 rings (SSSR count). The van der Waals surface area contributed by atoms with E-state index in [1.165, 1.54) is 0 Å². The maximum absolute atomic E-state index is 13.9. The topological polar surface area (TPSA) is 62.3 Å². The molecule has 1 aliphatic rings. The van der Waals surface area contributed by atoms with Crippen LogP contribution in [0, 0.1) is 0 Å². The Bertz CT molecular complexity index is 1530. The zero-order valence-electron chi connectivity index (χ0n) is 22.5. The van der Waals surface area contributed by atoms with E-state index in [1.54, 1.807) is 91.4 Å². The predicted octanol–water partition coefficient (Wildman–Crippen LogP) is 6.49. The van der Waals surface area contributed by atoms with Gasteiger partial charge in [0.25, 0.3) is 11.8 Å². The Morgan fingerprint density at radius 3 is 1.67 bits per heavy atom. The molecule has 1 heterocycles. The van der Waals surface area contributed by atoms with Crippen LogP contribution in [-0.2, 0) is 0 Å². The highest BCUT2D eigenvalue weighted by Gasteiger charge is 2.30. The molecule has 198 valence electrons. The fraction of sp³-hybridized carbons (Fsp3) is 0.161. The first kappa shape index (κ1) is 26.2. The van der Waals surface area contributed by atoms with Crippen molar-refractivity contribution in [2.75, 3.05) is 50.1 Å². The monoisotopic (exact) mass is 539 g/mol. The number of amides is 2. The summed E-state index contributed by atoms with van der Waals surface area (Å²) in [5.41, 5.74) is 4.44. The number of hydrogen-bond acceptors (Lipinski definition) is 6. The van der Waals surface area contributed by atoms with Crippen LogP contribution < -0.4 is 24.2 Å². The van der Waals surface area contributed by atoms with Crippen molar-refractivity contribution in [1.29, 1.82) is 0 Å². The van der Waals surface area contributed by atoms with E-state index >= 15 is 0 Å². The number of benzene rings is 4. The van der Waals surface area contributed by atoms with Crippen LogP contribution in [0.4, 0.5) is 22.7 Å². The largest absolute Gasteiger partial charge is 0.497 e. The van der Waals surface area contributed by atoms with Crippen LogP contribution >= 0.6 is 11.8 Å². The number of ether oxygens (including phenoxy) is 2. The molecule has 4 aromatic carbocycles. The van der Waals surface area contributed by atoms with Crippen molar-refractivity contribution in [2.45, 2.75) is 9.79 Å². The molecule has 0 radical (unpaired) electrons. The third-order valence-electron chi connectivity index (χ3n) is 6.67. The molecule has 0 N–H and O–H groups in total. The Morgan fingerprint density at radius 2 is 1.15 bits per heavy atom. The number of methoxy groups -OCH3 is 2.